The monoisotopic (exact) mass is 409 g/mol. The van der Waals surface area contributed by atoms with Gasteiger partial charge in [0.05, 0.1) is 6.54 Å². The summed E-state index contributed by atoms with van der Waals surface area (Å²) < 4.78 is 5.98. The summed E-state index contributed by atoms with van der Waals surface area (Å²) in [6.45, 7) is 1.23. The quantitative estimate of drug-likeness (QED) is 0.644. The van der Waals surface area contributed by atoms with Gasteiger partial charge in [0.2, 0.25) is 5.88 Å². The molecular weight excluding hydrogens is 386 g/mol. The highest BCUT2D eigenvalue weighted by molar-refractivity contribution is 7.13. The van der Waals surface area contributed by atoms with E-state index in [4.69, 9.17) is 4.74 Å². The third kappa shape index (κ3) is 4.54. The molecule has 1 saturated heterocycles. The minimum atomic E-state index is -0.0977. The van der Waals surface area contributed by atoms with Gasteiger partial charge in [-0.1, -0.05) is 30.3 Å². The van der Waals surface area contributed by atoms with Crippen LogP contribution in [0, 0.1) is 0 Å². The van der Waals surface area contributed by atoms with Crippen LogP contribution in [-0.4, -0.2) is 59.3 Å². The van der Waals surface area contributed by atoms with Crippen LogP contribution in [0.1, 0.15) is 23.3 Å². The molecule has 0 saturated carbocycles. The second kappa shape index (κ2) is 8.57. The fourth-order valence-electron chi connectivity index (χ4n) is 3.25. The van der Waals surface area contributed by atoms with E-state index in [1.165, 1.54) is 11.3 Å². The van der Waals surface area contributed by atoms with Crippen molar-refractivity contribution in [3.8, 4) is 16.5 Å². The Morgan fingerprint density at radius 3 is 2.72 bits per heavy atom. The minimum Gasteiger partial charge on any atom is -0.471 e. The van der Waals surface area contributed by atoms with Crippen molar-refractivity contribution in [3.63, 3.8) is 0 Å². The summed E-state index contributed by atoms with van der Waals surface area (Å²) in [5, 5.41) is 11.0. The standard InChI is InChI=1S/C21H23N5O2S/c1-25(2)18-10-11-19(24-23-18)28-16-9-6-12-26(13-16)21(27)17-14-29-20(22-17)15-7-4-3-5-8-15/h3-5,7-8,10-11,14,16H,6,9,12-13H2,1-2H3. The molecule has 3 heterocycles. The van der Waals surface area contributed by atoms with Gasteiger partial charge in [-0.3, -0.25) is 4.79 Å². The molecule has 8 heteroatoms. The first kappa shape index (κ1) is 19.3. The molecular formula is C21H23N5O2S. The van der Waals surface area contributed by atoms with Crippen LogP contribution >= 0.6 is 11.3 Å². The molecule has 1 atom stereocenters. The summed E-state index contributed by atoms with van der Waals surface area (Å²) in [6.07, 6.45) is 1.67. The number of likely N-dealkylation sites (tertiary alicyclic amines) is 1. The number of carbonyl (C=O) groups excluding carboxylic acids is 1. The Kier molecular flexibility index (Phi) is 5.71. The van der Waals surface area contributed by atoms with Crippen LogP contribution in [0.4, 0.5) is 5.82 Å². The van der Waals surface area contributed by atoms with Crippen LogP contribution in [0.2, 0.25) is 0 Å². The largest absolute Gasteiger partial charge is 0.471 e. The van der Waals surface area contributed by atoms with Gasteiger partial charge in [0, 0.05) is 37.6 Å². The molecule has 29 heavy (non-hydrogen) atoms. The van der Waals surface area contributed by atoms with E-state index in [-0.39, 0.29) is 12.0 Å². The number of carbonyl (C=O) groups is 1. The summed E-state index contributed by atoms with van der Waals surface area (Å²) in [5.74, 6) is 1.20. The zero-order valence-electron chi connectivity index (χ0n) is 16.5. The van der Waals surface area contributed by atoms with E-state index in [1.807, 2.05) is 71.7 Å². The van der Waals surface area contributed by atoms with Crippen molar-refractivity contribution in [2.45, 2.75) is 18.9 Å². The first-order valence-corrected chi connectivity index (χ1v) is 10.5. The lowest BCUT2D eigenvalue weighted by atomic mass is 10.1. The van der Waals surface area contributed by atoms with Gasteiger partial charge in [0.1, 0.15) is 16.8 Å². The lowest BCUT2D eigenvalue weighted by Gasteiger charge is -2.32. The normalized spacial score (nSPS) is 16.5. The first-order valence-electron chi connectivity index (χ1n) is 9.58. The number of nitrogens with zero attached hydrogens (tertiary/aromatic N) is 5. The van der Waals surface area contributed by atoms with Gasteiger partial charge >= 0.3 is 0 Å². The number of aromatic nitrogens is 3. The zero-order valence-corrected chi connectivity index (χ0v) is 17.3. The van der Waals surface area contributed by atoms with E-state index in [1.54, 1.807) is 0 Å². The van der Waals surface area contributed by atoms with Gasteiger partial charge in [-0.05, 0) is 18.9 Å². The average Bonchev–Trinajstić information content (AvgIpc) is 3.25. The van der Waals surface area contributed by atoms with Crippen LogP contribution in [0.25, 0.3) is 10.6 Å². The number of thiazole rings is 1. The predicted molar refractivity (Wildman–Crippen MR) is 113 cm³/mol. The highest BCUT2D eigenvalue weighted by atomic mass is 32.1. The van der Waals surface area contributed by atoms with Crippen LogP contribution in [0.5, 0.6) is 5.88 Å². The number of hydrogen-bond donors (Lipinski definition) is 0. The van der Waals surface area contributed by atoms with Gasteiger partial charge in [0.25, 0.3) is 5.91 Å². The molecule has 1 aromatic carbocycles. The lowest BCUT2D eigenvalue weighted by Crippen LogP contribution is -2.44. The summed E-state index contributed by atoms with van der Waals surface area (Å²) in [7, 11) is 3.83. The van der Waals surface area contributed by atoms with Crippen molar-refractivity contribution in [2.24, 2.45) is 0 Å². The molecule has 0 spiro atoms. The second-order valence-corrected chi connectivity index (χ2v) is 8.02. The second-order valence-electron chi connectivity index (χ2n) is 7.16. The van der Waals surface area contributed by atoms with Crippen LogP contribution < -0.4 is 9.64 Å². The predicted octanol–water partition coefficient (Wildman–Crippen LogP) is 3.35. The molecule has 2 aromatic heterocycles. The molecule has 0 bridgehead atoms. The van der Waals surface area contributed by atoms with Gasteiger partial charge in [0.15, 0.2) is 5.82 Å². The molecule has 0 aliphatic carbocycles. The number of amides is 1. The Morgan fingerprint density at radius 2 is 2.00 bits per heavy atom. The van der Waals surface area contributed by atoms with Crippen molar-refractivity contribution in [3.05, 3.63) is 53.5 Å². The number of rotatable bonds is 5. The SMILES string of the molecule is CN(C)c1ccc(OC2CCCN(C(=O)c3csc(-c4ccccc4)n3)C2)nn1. The fraction of sp³-hybridized carbons (Fsp3) is 0.333. The minimum absolute atomic E-state index is 0.0502. The molecule has 7 nitrogen and oxygen atoms in total. The Bertz CT molecular complexity index is 959. The maximum atomic E-state index is 12.9. The zero-order chi connectivity index (χ0) is 20.2. The third-order valence-corrected chi connectivity index (χ3v) is 5.67. The highest BCUT2D eigenvalue weighted by Crippen LogP contribution is 2.25. The number of benzene rings is 1. The molecule has 4 rings (SSSR count). The Morgan fingerprint density at radius 1 is 1.17 bits per heavy atom. The summed E-state index contributed by atoms with van der Waals surface area (Å²) >= 11 is 1.49. The van der Waals surface area contributed by atoms with E-state index in [9.17, 15) is 4.79 Å². The first-order chi connectivity index (χ1) is 14.1. The smallest absolute Gasteiger partial charge is 0.273 e. The number of anilines is 1. The van der Waals surface area contributed by atoms with Gasteiger partial charge in [-0.15, -0.1) is 21.5 Å². The van der Waals surface area contributed by atoms with Crippen molar-refractivity contribution in [1.82, 2.24) is 20.1 Å². The molecule has 150 valence electrons. The van der Waals surface area contributed by atoms with Crippen LogP contribution in [0.3, 0.4) is 0 Å². The van der Waals surface area contributed by atoms with Crippen molar-refractivity contribution in [2.75, 3.05) is 32.1 Å². The van der Waals surface area contributed by atoms with E-state index in [2.05, 4.69) is 15.2 Å². The number of ether oxygens (including phenoxy) is 1. The fourth-order valence-corrected chi connectivity index (χ4v) is 4.05. The molecule has 0 radical (unpaired) electrons. The van der Waals surface area contributed by atoms with Crippen LogP contribution in [0.15, 0.2) is 47.8 Å². The van der Waals surface area contributed by atoms with Crippen LogP contribution in [-0.2, 0) is 0 Å². The molecule has 0 N–H and O–H groups in total. The molecule has 1 unspecified atom stereocenters. The van der Waals surface area contributed by atoms with E-state index in [0.717, 1.165) is 29.2 Å². The lowest BCUT2D eigenvalue weighted by molar-refractivity contribution is 0.0521. The Labute approximate surface area is 174 Å². The highest BCUT2D eigenvalue weighted by Gasteiger charge is 2.27. The summed E-state index contributed by atoms with van der Waals surface area (Å²) in [4.78, 5) is 21.2. The van der Waals surface area contributed by atoms with E-state index < -0.39 is 0 Å². The van der Waals surface area contributed by atoms with Gasteiger partial charge < -0.3 is 14.5 Å². The average molecular weight is 410 g/mol. The van der Waals surface area contributed by atoms with Crippen molar-refractivity contribution in [1.29, 1.82) is 0 Å². The molecule has 1 amide bonds. The van der Waals surface area contributed by atoms with Gasteiger partial charge in [-0.2, -0.15) is 0 Å². The van der Waals surface area contributed by atoms with Crippen molar-refractivity contribution >= 4 is 23.1 Å². The molecule has 3 aromatic rings. The Hall–Kier alpha value is -3.00. The topological polar surface area (TPSA) is 71.5 Å². The maximum absolute atomic E-state index is 12.9. The maximum Gasteiger partial charge on any atom is 0.273 e. The Balaban J connectivity index is 1.40. The number of hydrogen-bond acceptors (Lipinski definition) is 7. The third-order valence-electron chi connectivity index (χ3n) is 4.78. The van der Waals surface area contributed by atoms with E-state index in [0.29, 0.717) is 24.7 Å². The molecule has 1 fully saturated rings. The molecule has 1 aliphatic rings. The van der Waals surface area contributed by atoms with E-state index >= 15 is 0 Å². The van der Waals surface area contributed by atoms with Crippen molar-refractivity contribution < 1.29 is 9.53 Å². The number of piperidine rings is 1. The summed E-state index contributed by atoms with van der Waals surface area (Å²) in [6, 6.07) is 13.6. The molecule has 1 aliphatic heterocycles. The van der Waals surface area contributed by atoms with Gasteiger partial charge in [-0.25, -0.2) is 4.98 Å². The summed E-state index contributed by atoms with van der Waals surface area (Å²) in [5.41, 5.74) is 1.51.